The standard InChI is InChI=1S/C65H116O15/c1-3-5-7-9-11-13-15-17-19-21-23-25-26-28-29-31-33-35-37-39-41-43-45-47-56(67)75-50-53(51-76-64-63(74)61(72)59(70)55(80-64)52-77-65-62(73)60(71)58(69)54(49-66)79-65)78-57(68)48-46-44-42-40-38-36-34-32-30-27-24-22-20-18-16-14-12-10-8-6-4-2/h20,22,27,30,34,36,40,42,53-55,58-66,69-74H,3-19,21,23-26,28-29,31-33,35,37-39,41,43-52H2,1-2H3/b22-20+,30-27+,36-34+,42-40+/t53-,54+,55+,58-,59-,60?,61?,62?,63?,64+,65+/m0/s1. The van der Waals surface area contributed by atoms with Gasteiger partial charge in [0, 0.05) is 12.8 Å². The molecular formula is C65H116O15. The minimum atomic E-state index is -1.78. The second-order valence-electron chi connectivity index (χ2n) is 22.6. The lowest BCUT2D eigenvalue weighted by atomic mass is 9.98. The van der Waals surface area contributed by atoms with Crippen LogP contribution in [0.5, 0.6) is 0 Å². The van der Waals surface area contributed by atoms with Gasteiger partial charge in [-0.15, -0.1) is 0 Å². The molecule has 11 atom stereocenters. The molecule has 2 saturated heterocycles. The molecule has 2 fully saturated rings. The van der Waals surface area contributed by atoms with Gasteiger partial charge < -0.3 is 64.2 Å². The van der Waals surface area contributed by atoms with Crippen LogP contribution in [0.15, 0.2) is 48.6 Å². The molecule has 0 aromatic rings. The van der Waals surface area contributed by atoms with Gasteiger partial charge >= 0.3 is 11.9 Å². The SMILES string of the molecule is CCCCCCCCC/C=C/C/C=C/C/C=C/C/C=C/CCCC(=O)O[C@@H](COC(=O)CCCCCCCCCCCCCCCCCCCCCCCCC)CO[C@@H]1O[C@H](CO[C@@H]2O[C@H](CO)[C@H](O)C(O)C2O)[C@H](O)C(O)C1O. The van der Waals surface area contributed by atoms with Crippen LogP contribution in [0.2, 0.25) is 0 Å². The van der Waals surface area contributed by atoms with Crippen molar-refractivity contribution in [1.29, 1.82) is 0 Å². The number of carbonyl (C=O) groups excluding carboxylic acids is 2. The number of ether oxygens (including phenoxy) is 6. The lowest BCUT2D eigenvalue weighted by Crippen LogP contribution is -2.61. The van der Waals surface area contributed by atoms with Crippen LogP contribution in [-0.4, -0.2) is 142 Å². The lowest BCUT2D eigenvalue weighted by Gasteiger charge is -2.42. The van der Waals surface area contributed by atoms with Crippen molar-refractivity contribution in [3.8, 4) is 0 Å². The van der Waals surface area contributed by atoms with Gasteiger partial charge in [-0.1, -0.05) is 242 Å². The number of allylic oxidation sites excluding steroid dienone is 8. The molecule has 466 valence electrons. The summed E-state index contributed by atoms with van der Waals surface area (Å²) in [4.78, 5) is 26.0. The lowest BCUT2D eigenvalue weighted by molar-refractivity contribution is -0.332. The zero-order valence-corrected chi connectivity index (χ0v) is 50.1. The molecule has 15 nitrogen and oxygen atoms in total. The monoisotopic (exact) mass is 1140 g/mol. The maximum Gasteiger partial charge on any atom is 0.306 e. The van der Waals surface area contributed by atoms with Crippen LogP contribution in [-0.2, 0) is 38.0 Å². The summed E-state index contributed by atoms with van der Waals surface area (Å²) < 4.78 is 33.7. The summed E-state index contributed by atoms with van der Waals surface area (Å²) in [6.07, 6.45) is 44.3. The topological polar surface area (TPSA) is 231 Å². The maximum absolute atomic E-state index is 13.1. The second-order valence-corrected chi connectivity index (χ2v) is 22.6. The third-order valence-corrected chi connectivity index (χ3v) is 15.3. The van der Waals surface area contributed by atoms with Gasteiger partial charge in [-0.3, -0.25) is 9.59 Å². The Morgan fingerprint density at radius 2 is 0.762 bits per heavy atom. The number of carbonyl (C=O) groups is 2. The van der Waals surface area contributed by atoms with Crippen molar-refractivity contribution >= 4 is 11.9 Å². The van der Waals surface area contributed by atoms with Crippen LogP contribution >= 0.6 is 0 Å². The molecule has 2 rings (SSSR count). The van der Waals surface area contributed by atoms with Crippen LogP contribution in [0.4, 0.5) is 0 Å². The molecule has 2 aliphatic heterocycles. The molecule has 2 aliphatic rings. The number of hydrogen-bond donors (Lipinski definition) is 7. The zero-order chi connectivity index (χ0) is 58.1. The highest BCUT2D eigenvalue weighted by molar-refractivity contribution is 5.70. The van der Waals surface area contributed by atoms with E-state index in [1.54, 1.807) is 0 Å². The Hall–Kier alpha value is -2.54. The number of aliphatic hydroxyl groups is 7. The van der Waals surface area contributed by atoms with Crippen LogP contribution < -0.4 is 0 Å². The second kappa shape index (κ2) is 50.9. The molecule has 4 unspecified atom stereocenters. The van der Waals surface area contributed by atoms with Crippen molar-refractivity contribution in [2.45, 2.75) is 325 Å². The molecule has 0 aromatic carbocycles. The van der Waals surface area contributed by atoms with E-state index in [0.29, 0.717) is 19.3 Å². The Morgan fingerprint density at radius 1 is 0.400 bits per heavy atom. The summed E-state index contributed by atoms with van der Waals surface area (Å²) in [5.74, 6) is -0.979. The van der Waals surface area contributed by atoms with Gasteiger partial charge in [0.2, 0.25) is 0 Å². The highest BCUT2D eigenvalue weighted by Crippen LogP contribution is 2.27. The Morgan fingerprint density at radius 3 is 1.21 bits per heavy atom. The van der Waals surface area contributed by atoms with Crippen LogP contribution in [0.1, 0.15) is 258 Å². The molecule has 15 heteroatoms. The van der Waals surface area contributed by atoms with Gasteiger partial charge in [0.05, 0.1) is 19.8 Å². The van der Waals surface area contributed by atoms with E-state index in [4.69, 9.17) is 28.4 Å². The van der Waals surface area contributed by atoms with Gasteiger partial charge in [-0.25, -0.2) is 0 Å². The highest BCUT2D eigenvalue weighted by atomic mass is 16.7. The van der Waals surface area contributed by atoms with Crippen molar-refractivity contribution in [3.05, 3.63) is 48.6 Å². The zero-order valence-electron chi connectivity index (χ0n) is 50.1. The number of aliphatic hydroxyl groups excluding tert-OH is 7. The summed E-state index contributed by atoms with van der Waals surface area (Å²) in [5.41, 5.74) is 0. The molecule has 0 aliphatic carbocycles. The highest BCUT2D eigenvalue weighted by Gasteiger charge is 2.47. The van der Waals surface area contributed by atoms with Gasteiger partial charge in [0.25, 0.3) is 0 Å². The van der Waals surface area contributed by atoms with Gasteiger partial charge in [0.15, 0.2) is 18.7 Å². The van der Waals surface area contributed by atoms with E-state index < -0.39 is 99.3 Å². The first-order valence-electron chi connectivity index (χ1n) is 32.2. The van der Waals surface area contributed by atoms with Gasteiger partial charge in [-0.2, -0.15) is 0 Å². The van der Waals surface area contributed by atoms with Crippen molar-refractivity contribution in [2.24, 2.45) is 0 Å². The maximum atomic E-state index is 13.1. The molecule has 7 N–H and O–H groups in total. The predicted octanol–water partition coefficient (Wildman–Crippen LogP) is 12.2. The van der Waals surface area contributed by atoms with Crippen LogP contribution in [0.3, 0.4) is 0 Å². The Labute approximate surface area is 484 Å². The first-order valence-corrected chi connectivity index (χ1v) is 32.2. The summed E-state index contributed by atoms with van der Waals surface area (Å²) in [6, 6.07) is 0. The largest absolute Gasteiger partial charge is 0.462 e. The number of hydrogen-bond acceptors (Lipinski definition) is 15. The van der Waals surface area contributed by atoms with Crippen molar-refractivity contribution in [1.82, 2.24) is 0 Å². The van der Waals surface area contributed by atoms with Gasteiger partial charge in [-0.05, 0) is 51.4 Å². The van der Waals surface area contributed by atoms with E-state index in [-0.39, 0.29) is 19.4 Å². The number of esters is 2. The fourth-order valence-electron chi connectivity index (χ4n) is 10.1. The fourth-order valence-corrected chi connectivity index (χ4v) is 10.1. The van der Waals surface area contributed by atoms with E-state index in [2.05, 4.69) is 56.4 Å². The predicted molar refractivity (Wildman–Crippen MR) is 317 cm³/mol. The van der Waals surface area contributed by atoms with E-state index in [1.807, 2.05) is 6.08 Å². The molecule has 2 heterocycles. The average molecular weight is 1140 g/mol. The third kappa shape index (κ3) is 36.9. The summed E-state index contributed by atoms with van der Waals surface area (Å²) >= 11 is 0. The molecule has 0 amide bonds. The van der Waals surface area contributed by atoms with Gasteiger partial charge in [0.1, 0.15) is 55.4 Å². The Bertz CT molecular complexity index is 1570. The number of unbranched alkanes of at least 4 members (excludes halogenated alkanes) is 30. The quantitative estimate of drug-likeness (QED) is 0.0171. The van der Waals surface area contributed by atoms with Crippen LogP contribution in [0.25, 0.3) is 0 Å². The van der Waals surface area contributed by atoms with Crippen molar-refractivity contribution < 1.29 is 73.8 Å². The third-order valence-electron chi connectivity index (χ3n) is 15.3. The Kier molecular flexibility index (Phi) is 46.8. The van der Waals surface area contributed by atoms with Crippen molar-refractivity contribution in [2.75, 3.05) is 26.4 Å². The molecular weight excluding hydrogens is 1020 g/mol. The summed E-state index contributed by atoms with van der Waals surface area (Å²) in [5, 5.41) is 72.4. The first kappa shape index (κ1) is 73.6. The summed E-state index contributed by atoms with van der Waals surface area (Å²) in [6.45, 7) is 2.58. The van der Waals surface area contributed by atoms with E-state index >= 15 is 0 Å². The molecule has 80 heavy (non-hydrogen) atoms. The van der Waals surface area contributed by atoms with E-state index in [9.17, 15) is 45.3 Å². The van der Waals surface area contributed by atoms with E-state index in [0.717, 1.165) is 44.9 Å². The van der Waals surface area contributed by atoms with E-state index in [1.165, 1.54) is 167 Å². The normalized spacial score (nSPS) is 24.0. The molecule has 0 bridgehead atoms. The fraction of sp³-hybridized carbons (Fsp3) is 0.846. The van der Waals surface area contributed by atoms with Crippen LogP contribution in [0, 0.1) is 0 Å². The average Bonchev–Trinajstić information content (AvgIpc) is 3.52. The minimum absolute atomic E-state index is 0.0905. The molecule has 0 radical (unpaired) electrons. The first-order chi connectivity index (χ1) is 39.0. The molecule has 0 saturated carbocycles. The molecule has 0 spiro atoms. The summed E-state index contributed by atoms with van der Waals surface area (Å²) in [7, 11) is 0. The molecule has 0 aromatic heterocycles. The number of rotatable bonds is 52. The Balaban J connectivity index is 1.73. The van der Waals surface area contributed by atoms with Crippen molar-refractivity contribution in [3.63, 3.8) is 0 Å². The smallest absolute Gasteiger partial charge is 0.306 e. The minimum Gasteiger partial charge on any atom is -0.462 e.